The maximum Gasteiger partial charge on any atom is 0.230 e. The van der Waals surface area contributed by atoms with E-state index in [0.29, 0.717) is 0 Å². The second kappa shape index (κ2) is 7.33. The predicted octanol–water partition coefficient (Wildman–Crippen LogP) is 4.01. The summed E-state index contributed by atoms with van der Waals surface area (Å²) in [6.45, 7) is 0. The van der Waals surface area contributed by atoms with Crippen LogP contribution in [0.1, 0.15) is 17.2 Å². The summed E-state index contributed by atoms with van der Waals surface area (Å²) >= 11 is 0. The zero-order chi connectivity index (χ0) is 20.5. The molecular weight excluding hydrogens is 374 g/mol. The third-order valence-electron chi connectivity index (χ3n) is 5.34. The minimum atomic E-state index is -0.628. The summed E-state index contributed by atoms with van der Waals surface area (Å²) in [7, 11) is 0. The number of nitrogens with one attached hydrogen (secondary N) is 1. The van der Waals surface area contributed by atoms with E-state index in [4.69, 9.17) is 5.73 Å². The molecule has 6 heteroatoms. The van der Waals surface area contributed by atoms with Crippen LogP contribution in [0.2, 0.25) is 0 Å². The van der Waals surface area contributed by atoms with Crippen LogP contribution in [-0.2, 0) is 4.79 Å². The predicted molar refractivity (Wildman–Crippen MR) is 116 cm³/mol. The fourth-order valence-corrected chi connectivity index (χ4v) is 3.90. The Bertz CT molecular complexity index is 1310. The zero-order valence-corrected chi connectivity index (χ0v) is 16.1. The van der Waals surface area contributed by atoms with E-state index in [1.807, 2.05) is 77.3 Å². The number of pyridine rings is 1. The first-order valence-electron chi connectivity index (χ1n) is 9.61. The molecule has 0 aliphatic carbocycles. The normalized spacial score (nSPS) is 12.1. The van der Waals surface area contributed by atoms with Crippen LogP contribution >= 0.6 is 0 Å². The molecule has 5 aromatic rings. The number of carbonyl (C=O) groups is 1. The van der Waals surface area contributed by atoms with Gasteiger partial charge in [-0.15, -0.1) is 0 Å². The van der Waals surface area contributed by atoms with Gasteiger partial charge in [0.1, 0.15) is 5.92 Å². The van der Waals surface area contributed by atoms with E-state index in [-0.39, 0.29) is 0 Å². The van der Waals surface area contributed by atoms with Crippen molar-refractivity contribution in [1.82, 2.24) is 19.6 Å². The van der Waals surface area contributed by atoms with Crippen LogP contribution in [0.25, 0.3) is 27.8 Å². The molecule has 2 aromatic carbocycles. The summed E-state index contributed by atoms with van der Waals surface area (Å²) < 4.78 is 1.95. The number of hydrogen-bond acceptors (Lipinski definition) is 3. The van der Waals surface area contributed by atoms with E-state index in [1.165, 1.54) is 0 Å². The number of aromatic amines is 1. The second-order valence-electron chi connectivity index (χ2n) is 7.13. The van der Waals surface area contributed by atoms with E-state index in [0.717, 1.165) is 39.0 Å². The SMILES string of the molecule is NC(=O)C(c1ccc(-c2cn[nH]c2)cc1)c1c(-c2ccccc2)ccc2cncn12. The van der Waals surface area contributed by atoms with Crippen molar-refractivity contribution in [2.75, 3.05) is 0 Å². The van der Waals surface area contributed by atoms with Crippen molar-refractivity contribution in [1.29, 1.82) is 0 Å². The lowest BCUT2D eigenvalue weighted by molar-refractivity contribution is -0.118. The number of H-pyrrole nitrogens is 1. The molecule has 1 unspecified atom stereocenters. The molecule has 0 radical (unpaired) electrons. The number of rotatable bonds is 5. The van der Waals surface area contributed by atoms with Gasteiger partial charge >= 0.3 is 0 Å². The topological polar surface area (TPSA) is 89.1 Å². The summed E-state index contributed by atoms with van der Waals surface area (Å²) in [5.41, 5.74) is 12.5. The van der Waals surface area contributed by atoms with E-state index >= 15 is 0 Å². The number of fused-ring (bicyclic) bond motifs is 1. The Morgan fingerprint density at radius 1 is 0.900 bits per heavy atom. The third kappa shape index (κ3) is 3.04. The maximum atomic E-state index is 12.7. The Kier molecular flexibility index (Phi) is 4.37. The van der Waals surface area contributed by atoms with Crippen molar-refractivity contribution in [3.63, 3.8) is 0 Å². The number of amides is 1. The van der Waals surface area contributed by atoms with Crippen LogP contribution in [-0.4, -0.2) is 25.5 Å². The molecule has 0 bridgehead atoms. The number of primary amides is 1. The van der Waals surface area contributed by atoms with Gasteiger partial charge < -0.3 is 10.1 Å². The highest BCUT2D eigenvalue weighted by molar-refractivity contribution is 5.88. The minimum Gasteiger partial charge on any atom is -0.369 e. The van der Waals surface area contributed by atoms with Crippen molar-refractivity contribution < 1.29 is 4.79 Å². The van der Waals surface area contributed by atoms with Crippen LogP contribution in [0.3, 0.4) is 0 Å². The lowest BCUT2D eigenvalue weighted by Crippen LogP contribution is -2.25. The largest absolute Gasteiger partial charge is 0.369 e. The summed E-state index contributed by atoms with van der Waals surface area (Å²) in [4.78, 5) is 17.0. The van der Waals surface area contributed by atoms with E-state index in [9.17, 15) is 4.79 Å². The van der Waals surface area contributed by atoms with Gasteiger partial charge in [-0.25, -0.2) is 4.98 Å². The maximum absolute atomic E-state index is 12.7. The molecule has 0 saturated heterocycles. The second-order valence-corrected chi connectivity index (χ2v) is 7.13. The summed E-state index contributed by atoms with van der Waals surface area (Å²) in [6, 6.07) is 21.9. The van der Waals surface area contributed by atoms with E-state index in [2.05, 4.69) is 15.2 Å². The standard InChI is InChI=1S/C24H19N5O/c25-24(30)22(18-8-6-16(7-9-18)19-12-27-28-13-19)23-21(17-4-2-1-3-5-17)11-10-20-14-26-15-29(20)23/h1-15,22H,(H2,25,30)(H,27,28). The van der Waals surface area contributed by atoms with Gasteiger partial charge in [0.2, 0.25) is 5.91 Å². The van der Waals surface area contributed by atoms with Crippen LogP contribution in [0.4, 0.5) is 0 Å². The number of nitrogens with zero attached hydrogens (tertiary/aromatic N) is 3. The average molecular weight is 393 g/mol. The Labute approximate surface area is 173 Å². The van der Waals surface area contributed by atoms with Gasteiger partial charge in [-0.2, -0.15) is 5.10 Å². The summed E-state index contributed by atoms with van der Waals surface area (Å²) in [5, 5.41) is 6.81. The monoisotopic (exact) mass is 393 g/mol. The molecule has 30 heavy (non-hydrogen) atoms. The number of aromatic nitrogens is 4. The Hall–Kier alpha value is -4.19. The summed E-state index contributed by atoms with van der Waals surface area (Å²) in [5.74, 6) is -1.04. The van der Waals surface area contributed by atoms with Gasteiger partial charge in [0, 0.05) is 23.0 Å². The van der Waals surface area contributed by atoms with Crippen LogP contribution < -0.4 is 5.73 Å². The first kappa shape index (κ1) is 17.9. The molecule has 3 N–H and O–H groups in total. The molecule has 6 nitrogen and oxygen atoms in total. The number of nitrogens with two attached hydrogens (primary N) is 1. The van der Waals surface area contributed by atoms with Crippen molar-refractivity contribution in [3.05, 3.63) is 103 Å². The smallest absolute Gasteiger partial charge is 0.230 e. The van der Waals surface area contributed by atoms with Crippen molar-refractivity contribution in [2.24, 2.45) is 5.73 Å². The lowest BCUT2D eigenvalue weighted by atomic mass is 9.88. The van der Waals surface area contributed by atoms with Gasteiger partial charge in [-0.1, -0.05) is 60.7 Å². The number of imidazole rings is 1. The highest BCUT2D eigenvalue weighted by Gasteiger charge is 2.26. The Morgan fingerprint density at radius 3 is 2.40 bits per heavy atom. The molecular formula is C24H19N5O. The number of hydrogen-bond donors (Lipinski definition) is 2. The Morgan fingerprint density at radius 2 is 1.70 bits per heavy atom. The number of benzene rings is 2. The fourth-order valence-electron chi connectivity index (χ4n) is 3.90. The molecule has 1 atom stereocenters. The molecule has 0 aliphatic heterocycles. The molecule has 0 saturated carbocycles. The van der Waals surface area contributed by atoms with E-state index < -0.39 is 11.8 Å². The molecule has 146 valence electrons. The number of carbonyl (C=O) groups excluding carboxylic acids is 1. The molecule has 0 fully saturated rings. The van der Waals surface area contributed by atoms with Crippen molar-refractivity contribution in [3.8, 4) is 22.3 Å². The van der Waals surface area contributed by atoms with Gasteiger partial charge in [0.05, 0.1) is 24.2 Å². The zero-order valence-electron chi connectivity index (χ0n) is 16.1. The first-order valence-corrected chi connectivity index (χ1v) is 9.61. The van der Waals surface area contributed by atoms with Gasteiger partial charge in [0.15, 0.2) is 0 Å². The summed E-state index contributed by atoms with van der Waals surface area (Å²) in [6.07, 6.45) is 7.10. The highest BCUT2D eigenvalue weighted by atomic mass is 16.1. The molecule has 5 rings (SSSR count). The van der Waals surface area contributed by atoms with E-state index in [1.54, 1.807) is 18.7 Å². The quantitative estimate of drug-likeness (QED) is 0.473. The lowest BCUT2D eigenvalue weighted by Gasteiger charge is -2.21. The van der Waals surface area contributed by atoms with Gasteiger partial charge in [0.25, 0.3) is 0 Å². The Balaban J connectivity index is 1.70. The van der Waals surface area contributed by atoms with Crippen LogP contribution in [0.15, 0.2) is 91.6 Å². The first-order chi connectivity index (χ1) is 14.7. The van der Waals surface area contributed by atoms with Gasteiger partial charge in [-0.05, 0) is 22.8 Å². The van der Waals surface area contributed by atoms with Crippen molar-refractivity contribution >= 4 is 11.4 Å². The fraction of sp³-hybridized carbons (Fsp3) is 0.0417. The molecule has 0 aliphatic rings. The average Bonchev–Trinajstić information content (AvgIpc) is 3.47. The minimum absolute atomic E-state index is 0.413. The van der Waals surface area contributed by atoms with Crippen LogP contribution in [0.5, 0.6) is 0 Å². The molecule has 0 spiro atoms. The third-order valence-corrected chi connectivity index (χ3v) is 5.34. The van der Waals surface area contributed by atoms with Crippen molar-refractivity contribution in [2.45, 2.75) is 5.92 Å². The highest BCUT2D eigenvalue weighted by Crippen LogP contribution is 2.35. The van der Waals surface area contributed by atoms with Gasteiger partial charge in [-0.3, -0.25) is 9.89 Å². The molecule has 1 amide bonds. The molecule has 3 aromatic heterocycles. The van der Waals surface area contributed by atoms with Crippen LogP contribution in [0, 0.1) is 0 Å². The molecule has 3 heterocycles.